The summed E-state index contributed by atoms with van der Waals surface area (Å²) in [5.74, 6) is 0.281. The van der Waals surface area contributed by atoms with Gasteiger partial charge in [0.2, 0.25) is 0 Å². The van der Waals surface area contributed by atoms with Crippen molar-refractivity contribution < 1.29 is 5.11 Å². The molecule has 1 N–H and O–H groups in total. The van der Waals surface area contributed by atoms with E-state index in [1.54, 1.807) is 0 Å². The number of hydrogen-bond acceptors (Lipinski definition) is 3. The highest BCUT2D eigenvalue weighted by Gasteiger charge is 2.28. The summed E-state index contributed by atoms with van der Waals surface area (Å²) in [6, 6.07) is 41.9. The van der Waals surface area contributed by atoms with Gasteiger partial charge in [-0.05, 0) is 69.5 Å². The van der Waals surface area contributed by atoms with Crippen LogP contribution in [0.4, 0.5) is 0 Å². The van der Waals surface area contributed by atoms with Crippen LogP contribution in [0.15, 0.2) is 134 Å². The molecule has 0 unspecified atom stereocenters. The molecule has 0 bridgehead atoms. The molecular weight excluding hydrogens is 587 g/mol. The van der Waals surface area contributed by atoms with Crippen LogP contribution in [0.3, 0.4) is 0 Å². The lowest BCUT2D eigenvalue weighted by Gasteiger charge is -2.27. The van der Waals surface area contributed by atoms with Gasteiger partial charge in [-0.3, -0.25) is 9.38 Å². The minimum Gasteiger partial charge on any atom is -0.507 e. The van der Waals surface area contributed by atoms with Crippen LogP contribution < -0.4 is 0 Å². The first-order valence-corrected chi connectivity index (χ1v) is 16.6. The van der Waals surface area contributed by atoms with Crippen molar-refractivity contribution in [3.8, 4) is 61.8 Å². The smallest absolute Gasteiger partial charge is 0.145 e. The number of pyridine rings is 2. The molecule has 0 amide bonds. The first-order chi connectivity index (χ1) is 23.0. The minimum atomic E-state index is -0.260. The van der Waals surface area contributed by atoms with E-state index in [1.807, 2.05) is 18.3 Å². The zero-order valence-electron chi connectivity index (χ0n) is 28.5. The number of benzene rings is 4. The van der Waals surface area contributed by atoms with E-state index in [2.05, 4.69) is 161 Å². The van der Waals surface area contributed by atoms with Gasteiger partial charge < -0.3 is 5.11 Å². The molecule has 7 aromatic rings. The van der Waals surface area contributed by atoms with Crippen molar-refractivity contribution in [2.24, 2.45) is 0 Å². The summed E-state index contributed by atoms with van der Waals surface area (Å²) in [7, 11) is 0. The molecule has 0 aliphatic heterocycles. The maximum absolute atomic E-state index is 12.0. The van der Waals surface area contributed by atoms with Crippen molar-refractivity contribution in [1.82, 2.24) is 14.4 Å². The first kappa shape index (κ1) is 31.1. The molecule has 0 atom stereocenters. The molecule has 0 saturated carbocycles. The average Bonchev–Trinajstić information content (AvgIpc) is 3.48. The van der Waals surface area contributed by atoms with E-state index >= 15 is 0 Å². The van der Waals surface area contributed by atoms with Gasteiger partial charge >= 0.3 is 0 Å². The minimum absolute atomic E-state index is 0.119. The number of aromatic hydroxyl groups is 1. The Bertz CT molecular complexity index is 2250. The lowest BCUT2D eigenvalue weighted by molar-refractivity contribution is 0.446. The van der Waals surface area contributed by atoms with Crippen LogP contribution in [0.25, 0.3) is 61.7 Å². The van der Waals surface area contributed by atoms with Crippen molar-refractivity contribution in [2.75, 3.05) is 0 Å². The van der Waals surface area contributed by atoms with Crippen molar-refractivity contribution in [2.45, 2.75) is 52.4 Å². The quantitative estimate of drug-likeness (QED) is 0.207. The number of fused-ring (bicyclic) bond motifs is 1. The van der Waals surface area contributed by atoms with Crippen LogP contribution in [0.2, 0.25) is 0 Å². The van der Waals surface area contributed by atoms with Crippen LogP contribution in [0.1, 0.15) is 52.7 Å². The Hall–Kier alpha value is -5.48. The predicted molar refractivity (Wildman–Crippen MR) is 199 cm³/mol. The summed E-state index contributed by atoms with van der Waals surface area (Å²) in [4.78, 5) is 10.1. The summed E-state index contributed by atoms with van der Waals surface area (Å²) in [6.45, 7) is 13.1. The van der Waals surface area contributed by atoms with Crippen LogP contribution in [-0.2, 0) is 10.8 Å². The predicted octanol–water partition coefficient (Wildman–Crippen LogP) is 11.4. The molecular formula is C44H41N3O. The third kappa shape index (κ3) is 5.79. The Kier molecular flexibility index (Phi) is 7.75. The molecule has 4 aromatic carbocycles. The second-order valence-electron chi connectivity index (χ2n) is 14.6. The van der Waals surface area contributed by atoms with Gasteiger partial charge in [-0.1, -0.05) is 126 Å². The number of phenolic OH excluding ortho intramolecular Hbond substituents is 1. The van der Waals surface area contributed by atoms with Gasteiger partial charge in [0, 0.05) is 40.2 Å². The second-order valence-corrected chi connectivity index (χ2v) is 14.6. The number of imidazole rings is 1. The van der Waals surface area contributed by atoms with Gasteiger partial charge in [0.1, 0.15) is 17.1 Å². The molecule has 4 nitrogen and oxygen atoms in total. The van der Waals surface area contributed by atoms with Gasteiger partial charge in [0.15, 0.2) is 0 Å². The van der Waals surface area contributed by atoms with E-state index in [4.69, 9.17) is 9.97 Å². The van der Waals surface area contributed by atoms with E-state index in [9.17, 15) is 5.11 Å². The zero-order chi connectivity index (χ0) is 33.6. The normalized spacial score (nSPS) is 12.0. The zero-order valence-corrected chi connectivity index (χ0v) is 28.5. The number of hydrogen-bond donors (Lipinski definition) is 1. The largest absolute Gasteiger partial charge is 0.507 e. The van der Waals surface area contributed by atoms with Gasteiger partial charge in [-0.25, -0.2) is 4.98 Å². The van der Waals surface area contributed by atoms with Gasteiger partial charge in [0.05, 0.1) is 11.4 Å². The molecule has 0 spiro atoms. The fourth-order valence-electron chi connectivity index (χ4n) is 6.42. The summed E-state index contributed by atoms with van der Waals surface area (Å²) < 4.78 is 2.17. The summed E-state index contributed by atoms with van der Waals surface area (Å²) in [5, 5.41) is 12.0. The molecule has 48 heavy (non-hydrogen) atoms. The van der Waals surface area contributed by atoms with Gasteiger partial charge in [-0.2, -0.15) is 0 Å². The topological polar surface area (TPSA) is 50.4 Å². The highest BCUT2D eigenvalue weighted by Crippen LogP contribution is 2.45. The molecule has 0 saturated heterocycles. The standard InChI is InChI=1S/C44H41N3O/c1-43(2,3)34-27-36(41(48)37(28-34)44(4,5)6)39-40(30-17-11-8-12-18-30)47-24-14-21-35(42(47)46-39)32-19-13-20-33(25-32)38-26-31(22-23-45-38)29-15-9-7-10-16-29/h7-28,48H,1-6H3. The fraction of sp³-hybridized carbons (Fsp3) is 0.182. The second kappa shape index (κ2) is 12.0. The average molecular weight is 628 g/mol. The molecule has 0 aliphatic carbocycles. The Morgan fingerprint density at radius 1 is 0.562 bits per heavy atom. The Balaban J connectivity index is 1.45. The molecule has 0 aliphatic rings. The Morgan fingerprint density at radius 3 is 1.92 bits per heavy atom. The van der Waals surface area contributed by atoms with E-state index in [-0.39, 0.29) is 16.6 Å². The van der Waals surface area contributed by atoms with E-state index in [0.717, 1.165) is 72.8 Å². The van der Waals surface area contributed by atoms with Crippen molar-refractivity contribution in [3.63, 3.8) is 0 Å². The summed E-state index contributed by atoms with van der Waals surface area (Å²) in [6.07, 6.45) is 3.95. The van der Waals surface area contributed by atoms with E-state index in [0.29, 0.717) is 0 Å². The molecule has 238 valence electrons. The van der Waals surface area contributed by atoms with Crippen LogP contribution >= 0.6 is 0 Å². The Morgan fingerprint density at radius 2 is 1.23 bits per heavy atom. The number of phenols is 1. The third-order valence-corrected chi connectivity index (χ3v) is 9.07. The fourth-order valence-corrected chi connectivity index (χ4v) is 6.42. The number of aromatic nitrogens is 3. The number of nitrogens with zero attached hydrogens (tertiary/aromatic N) is 3. The van der Waals surface area contributed by atoms with Gasteiger partial charge in [-0.15, -0.1) is 0 Å². The van der Waals surface area contributed by atoms with Crippen LogP contribution in [0, 0.1) is 0 Å². The van der Waals surface area contributed by atoms with Crippen molar-refractivity contribution >= 4 is 5.65 Å². The lowest BCUT2D eigenvalue weighted by Crippen LogP contribution is -2.17. The van der Waals surface area contributed by atoms with Crippen LogP contribution in [0.5, 0.6) is 5.75 Å². The monoisotopic (exact) mass is 627 g/mol. The SMILES string of the molecule is CC(C)(C)c1cc(-c2nc3c(-c4cccc(-c5cc(-c6ccccc6)ccn5)c4)cccn3c2-c2ccccc2)c(O)c(C(C)(C)C)c1. The maximum atomic E-state index is 12.0. The maximum Gasteiger partial charge on any atom is 0.145 e. The van der Waals surface area contributed by atoms with E-state index < -0.39 is 0 Å². The highest BCUT2D eigenvalue weighted by atomic mass is 16.3. The lowest BCUT2D eigenvalue weighted by atomic mass is 9.78. The van der Waals surface area contributed by atoms with Crippen molar-refractivity contribution in [1.29, 1.82) is 0 Å². The Labute approximate surface area is 283 Å². The molecule has 7 rings (SSSR count). The molecule has 0 fully saturated rings. The molecule has 3 heterocycles. The molecule has 0 radical (unpaired) electrons. The van der Waals surface area contributed by atoms with E-state index in [1.165, 1.54) is 0 Å². The highest BCUT2D eigenvalue weighted by molar-refractivity contribution is 5.90. The molecule has 3 aromatic heterocycles. The number of rotatable bonds is 5. The summed E-state index contributed by atoms with van der Waals surface area (Å²) >= 11 is 0. The van der Waals surface area contributed by atoms with Gasteiger partial charge in [0.25, 0.3) is 0 Å². The molecule has 4 heteroatoms. The van der Waals surface area contributed by atoms with Crippen LogP contribution in [-0.4, -0.2) is 19.5 Å². The van der Waals surface area contributed by atoms with Crippen molar-refractivity contribution in [3.05, 3.63) is 145 Å². The third-order valence-electron chi connectivity index (χ3n) is 9.07. The summed E-state index contributed by atoms with van der Waals surface area (Å²) in [5.41, 5.74) is 12.3. The first-order valence-electron chi connectivity index (χ1n) is 16.6.